The van der Waals surface area contributed by atoms with Gasteiger partial charge in [0.15, 0.2) is 0 Å². The summed E-state index contributed by atoms with van der Waals surface area (Å²) in [6.07, 6.45) is -0.966. The number of nitrogens with zero attached hydrogens (tertiary/aromatic N) is 3. The number of allylic oxidation sites excluding steroid dienone is 2. The summed E-state index contributed by atoms with van der Waals surface area (Å²) in [6, 6.07) is 3.28. The Bertz CT molecular complexity index is 1030. The number of alkyl halides is 6. The van der Waals surface area contributed by atoms with E-state index in [1.165, 1.54) is 25.7 Å². The molecule has 1 aliphatic rings. The molecule has 0 radical (unpaired) electrons. The Balaban J connectivity index is -0.00000117. The fourth-order valence-electron chi connectivity index (χ4n) is 3.77. The fraction of sp³-hybridized carbons (Fsp3) is 0.676. The highest BCUT2D eigenvalue weighted by molar-refractivity contribution is 5.88. The van der Waals surface area contributed by atoms with Gasteiger partial charge in [-0.15, -0.1) is 6.58 Å². The van der Waals surface area contributed by atoms with E-state index < -0.39 is 24.6 Å². The van der Waals surface area contributed by atoms with Crippen molar-refractivity contribution in [2.75, 3.05) is 32.3 Å². The minimum absolute atomic E-state index is 0.0598. The maximum absolute atomic E-state index is 12.9. The number of pyridine rings is 1. The van der Waals surface area contributed by atoms with E-state index in [9.17, 15) is 35.9 Å². The molecule has 1 aliphatic heterocycles. The van der Waals surface area contributed by atoms with Gasteiger partial charge in [-0.05, 0) is 46.1 Å². The maximum atomic E-state index is 12.9. The lowest BCUT2D eigenvalue weighted by Crippen LogP contribution is -2.44. The number of halogens is 6. The first-order valence-electron chi connectivity index (χ1n) is 15.8. The van der Waals surface area contributed by atoms with Crippen molar-refractivity contribution in [3.63, 3.8) is 0 Å². The van der Waals surface area contributed by atoms with Gasteiger partial charge < -0.3 is 14.4 Å². The zero-order valence-electron chi connectivity index (χ0n) is 30.0. The molecular formula is C34H57F6N3O4. The molecule has 1 aromatic rings. The van der Waals surface area contributed by atoms with Crippen LogP contribution in [0.4, 0.5) is 36.8 Å². The van der Waals surface area contributed by atoms with Gasteiger partial charge in [-0.1, -0.05) is 52.3 Å². The van der Waals surface area contributed by atoms with Gasteiger partial charge in [-0.25, -0.2) is 18.6 Å². The lowest BCUT2D eigenvalue weighted by Gasteiger charge is -2.35. The average Bonchev–Trinajstić information content (AvgIpc) is 3.00. The van der Waals surface area contributed by atoms with Crippen LogP contribution in [0.15, 0.2) is 36.4 Å². The number of fused-ring (bicyclic) bond motifs is 1. The molecule has 2 rings (SSSR count). The summed E-state index contributed by atoms with van der Waals surface area (Å²) in [4.78, 5) is 33.4. The number of hydrogen-bond acceptors (Lipinski definition) is 5. The molecular weight excluding hydrogens is 628 g/mol. The van der Waals surface area contributed by atoms with E-state index in [4.69, 9.17) is 9.47 Å². The molecule has 2 atom stereocenters. The zero-order chi connectivity index (χ0) is 37.3. The molecule has 0 fully saturated rings. The summed E-state index contributed by atoms with van der Waals surface area (Å²) in [6.45, 7) is 19.5. The van der Waals surface area contributed by atoms with Gasteiger partial charge in [0.1, 0.15) is 0 Å². The second-order valence-electron chi connectivity index (χ2n) is 10.5. The molecule has 0 saturated heterocycles. The lowest BCUT2D eigenvalue weighted by atomic mass is 9.98. The number of amides is 2. The molecule has 47 heavy (non-hydrogen) atoms. The monoisotopic (exact) mass is 685 g/mol. The largest absolute Gasteiger partial charge is 0.481 e. The Kier molecular flexibility index (Phi) is 27.4. The van der Waals surface area contributed by atoms with E-state index >= 15 is 0 Å². The van der Waals surface area contributed by atoms with Gasteiger partial charge >= 0.3 is 12.3 Å². The maximum Gasteiger partial charge on any atom is 0.414 e. The Labute approximate surface area is 278 Å². The first-order valence-corrected chi connectivity index (χ1v) is 15.8. The summed E-state index contributed by atoms with van der Waals surface area (Å²) >= 11 is 0. The molecule has 0 aromatic carbocycles. The molecule has 0 bridgehead atoms. The van der Waals surface area contributed by atoms with E-state index in [-0.39, 0.29) is 31.5 Å². The van der Waals surface area contributed by atoms with E-state index in [1.54, 1.807) is 48.8 Å². The second kappa shape index (κ2) is 26.8. The summed E-state index contributed by atoms with van der Waals surface area (Å²) in [5.41, 5.74) is 2.50. The average molecular weight is 686 g/mol. The quantitative estimate of drug-likeness (QED) is 0.191. The van der Waals surface area contributed by atoms with Crippen molar-refractivity contribution in [2.24, 2.45) is 5.92 Å². The number of hydrogen-bond donors (Lipinski definition) is 0. The van der Waals surface area contributed by atoms with E-state index in [0.29, 0.717) is 56.7 Å². The van der Waals surface area contributed by atoms with Crippen LogP contribution in [-0.2, 0) is 16.0 Å². The minimum atomic E-state index is -4.00. The Morgan fingerprint density at radius 3 is 2.09 bits per heavy atom. The third-order valence-corrected chi connectivity index (χ3v) is 6.14. The summed E-state index contributed by atoms with van der Waals surface area (Å²) in [5.74, 6) is -0.534. The molecule has 274 valence electrons. The lowest BCUT2D eigenvalue weighted by molar-refractivity contribution is -0.132. The highest BCUT2D eigenvalue weighted by Crippen LogP contribution is 2.29. The van der Waals surface area contributed by atoms with Crippen LogP contribution in [0.2, 0.25) is 0 Å². The molecule has 7 nitrogen and oxygen atoms in total. The molecule has 2 amide bonds. The van der Waals surface area contributed by atoms with Gasteiger partial charge in [-0.2, -0.15) is 13.2 Å². The number of methoxy groups -OCH3 is 1. The predicted octanol–water partition coefficient (Wildman–Crippen LogP) is 10.00. The van der Waals surface area contributed by atoms with Gasteiger partial charge in [0.2, 0.25) is 18.2 Å². The Morgan fingerprint density at radius 1 is 1.13 bits per heavy atom. The van der Waals surface area contributed by atoms with Crippen LogP contribution in [0, 0.1) is 5.92 Å². The molecule has 2 unspecified atom stereocenters. The zero-order valence-corrected chi connectivity index (χ0v) is 30.0. The molecule has 13 heteroatoms. The minimum Gasteiger partial charge on any atom is -0.481 e. The van der Waals surface area contributed by atoms with Crippen LogP contribution in [0.5, 0.6) is 5.88 Å². The SMILES string of the molecule is C=C(C)CC.CC.CC(F)(F)F.CCC(=O)N(C/C=C/C(C)C(F)F)C1CCCN(C(=O)OC(C)C)c2ccc(OC)nc2C1.CF. The number of anilines is 1. The Morgan fingerprint density at radius 2 is 1.66 bits per heavy atom. The summed E-state index contributed by atoms with van der Waals surface area (Å²) in [5, 5.41) is 0. The molecule has 0 N–H and O–H groups in total. The highest BCUT2D eigenvalue weighted by atomic mass is 19.4. The first-order chi connectivity index (χ1) is 21.9. The van der Waals surface area contributed by atoms with Gasteiger partial charge in [0, 0.05) is 50.9 Å². The number of rotatable bonds is 9. The van der Waals surface area contributed by atoms with E-state index in [1.807, 2.05) is 20.8 Å². The highest BCUT2D eigenvalue weighted by Gasteiger charge is 2.30. The Hall–Kier alpha value is -3.25. The van der Waals surface area contributed by atoms with E-state index in [2.05, 4.69) is 18.5 Å². The van der Waals surface area contributed by atoms with Crippen LogP contribution in [0.3, 0.4) is 0 Å². The van der Waals surface area contributed by atoms with Crippen molar-refractivity contribution >= 4 is 17.7 Å². The van der Waals surface area contributed by atoms with Crippen LogP contribution < -0.4 is 9.64 Å². The predicted molar refractivity (Wildman–Crippen MR) is 178 cm³/mol. The van der Waals surface area contributed by atoms with Crippen molar-refractivity contribution in [1.29, 1.82) is 0 Å². The topological polar surface area (TPSA) is 72.0 Å². The van der Waals surface area contributed by atoms with Crippen molar-refractivity contribution in [2.45, 2.75) is 119 Å². The molecule has 2 heterocycles. The first kappa shape index (κ1) is 48.1. The summed E-state index contributed by atoms with van der Waals surface area (Å²) in [7, 11) is 2.02. The van der Waals surface area contributed by atoms with Crippen LogP contribution in [0.25, 0.3) is 0 Å². The van der Waals surface area contributed by atoms with E-state index in [0.717, 1.165) is 6.42 Å². The fourth-order valence-corrected chi connectivity index (χ4v) is 3.77. The van der Waals surface area contributed by atoms with Gasteiger partial charge in [0.25, 0.3) is 0 Å². The number of ether oxygens (including phenoxy) is 2. The van der Waals surface area contributed by atoms with Crippen molar-refractivity contribution in [3.05, 3.63) is 42.1 Å². The van der Waals surface area contributed by atoms with Crippen molar-refractivity contribution in [3.8, 4) is 5.88 Å². The molecule has 0 spiro atoms. The van der Waals surface area contributed by atoms with Gasteiger partial charge in [0.05, 0.1) is 31.8 Å². The van der Waals surface area contributed by atoms with Crippen molar-refractivity contribution in [1.82, 2.24) is 9.88 Å². The van der Waals surface area contributed by atoms with Gasteiger partial charge in [-0.3, -0.25) is 14.1 Å². The number of carbonyl (C=O) groups excluding carboxylic acids is 2. The smallest absolute Gasteiger partial charge is 0.414 e. The summed E-state index contributed by atoms with van der Waals surface area (Å²) < 4.78 is 77.0. The van der Waals surface area contributed by atoms with Crippen molar-refractivity contribution < 1.29 is 45.4 Å². The van der Waals surface area contributed by atoms with Crippen LogP contribution in [0.1, 0.15) is 93.7 Å². The third-order valence-electron chi connectivity index (χ3n) is 6.14. The normalized spacial score (nSPS) is 14.6. The second-order valence-corrected chi connectivity index (χ2v) is 10.5. The molecule has 0 saturated carbocycles. The number of carbonyl (C=O) groups is 2. The number of aromatic nitrogens is 1. The van der Waals surface area contributed by atoms with Crippen LogP contribution in [-0.4, -0.2) is 74.0 Å². The van der Waals surface area contributed by atoms with Crippen LogP contribution >= 0.6 is 0 Å². The molecule has 1 aromatic heterocycles. The third kappa shape index (κ3) is 22.8. The molecule has 0 aliphatic carbocycles. The standard InChI is InChI=1S/C24H35F2N3O4.C5H10.C2H3F3.C2H6.CH3F/c1-6-22(30)28(13-7-9-17(4)23(25)26)18-10-8-14-29(24(31)33-16(2)3)20-11-12-21(32-5)27-19(20)15-18;1-4-5(2)3;1-2(3,4)5;2*1-2/h7,9,11-12,16-18,23H,6,8,10,13-15H2,1-5H3;2,4H2,1,3H3;1H3;1-2H3;1H3/b9-7+;;;;.